The van der Waals surface area contributed by atoms with Gasteiger partial charge in [0.2, 0.25) is 11.8 Å². The fraction of sp³-hybridized carbons (Fsp3) is 0.375. The van der Waals surface area contributed by atoms with Crippen molar-refractivity contribution in [3.05, 3.63) is 66.2 Å². The molecule has 0 radical (unpaired) electrons. The fourth-order valence-electron chi connectivity index (χ4n) is 4.08. The predicted octanol–water partition coefficient (Wildman–Crippen LogP) is 1.78. The van der Waals surface area contributed by atoms with Gasteiger partial charge in [0, 0.05) is 45.7 Å². The molecule has 0 bridgehead atoms. The molecule has 31 heavy (non-hydrogen) atoms. The second-order valence-corrected chi connectivity index (χ2v) is 7.97. The minimum atomic E-state index is -0.306. The van der Waals surface area contributed by atoms with Gasteiger partial charge in [-0.1, -0.05) is 48.5 Å². The van der Waals surface area contributed by atoms with E-state index in [0.717, 1.165) is 5.56 Å². The number of hydrogen-bond donors (Lipinski definition) is 0. The molecule has 0 saturated carbocycles. The largest absolute Gasteiger partial charge is 0.484 e. The monoisotopic (exact) mass is 421 g/mol. The van der Waals surface area contributed by atoms with Crippen LogP contribution in [0.4, 0.5) is 0 Å². The molecular formula is C24H27N3O4. The van der Waals surface area contributed by atoms with E-state index >= 15 is 0 Å². The van der Waals surface area contributed by atoms with Crippen LogP contribution in [-0.2, 0) is 20.9 Å². The first-order chi connectivity index (χ1) is 15.1. The smallest absolute Gasteiger partial charge is 0.260 e. The van der Waals surface area contributed by atoms with Gasteiger partial charge in [0.25, 0.3) is 5.91 Å². The highest BCUT2D eigenvalue weighted by molar-refractivity contribution is 5.89. The molecule has 0 N–H and O–H groups in total. The molecule has 2 aromatic carbocycles. The lowest BCUT2D eigenvalue weighted by Gasteiger charge is -2.35. The highest BCUT2D eigenvalue weighted by Gasteiger charge is 2.37. The highest BCUT2D eigenvalue weighted by Crippen LogP contribution is 2.23. The molecule has 162 valence electrons. The van der Waals surface area contributed by atoms with Gasteiger partial charge >= 0.3 is 0 Å². The molecule has 2 aliphatic rings. The quantitative estimate of drug-likeness (QED) is 0.713. The summed E-state index contributed by atoms with van der Waals surface area (Å²) >= 11 is 0. The average Bonchev–Trinajstić information content (AvgIpc) is 3.18. The SMILES string of the molecule is O=C(COc1ccccc1)N1CCN(C(=O)C2CC(=O)N(Cc3ccccc3)C2)CC1. The second-order valence-electron chi connectivity index (χ2n) is 7.97. The van der Waals surface area contributed by atoms with E-state index < -0.39 is 0 Å². The van der Waals surface area contributed by atoms with Crippen molar-refractivity contribution in [2.45, 2.75) is 13.0 Å². The Morgan fingerprint density at radius 2 is 1.48 bits per heavy atom. The Morgan fingerprint density at radius 1 is 0.871 bits per heavy atom. The molecule has 1 atom stereocenters. The Balaban J connectivity index is 1.23. The zero-order valence-electron chi connectivity index (χ0n) is 17.5. The first kappa shape index (κ1) is 20.9. The summed E-state index contributed by atoms with van der Waals surface area (Å²) in [6.07, 6.45) is 0.260. The Labute approximate surface area is 182 Å². The predicted molar refractivity (Wildman–Crippen MR) is 115 cm³/mol. The van der Waals surface area contributed by atoms with Crippen molar-refractivity contribution in [1.29, 1.82) is 0 Å². The van der Waals surface area contributed by atoms with E-state index in [1.54, 1.807) is 14.7 Å². The number of para-hydroxylation sites is 1. The molecule has 0 aromatic heterocycles. The maximum Gasteiger partial charge on any atom is 0.260 e. The number of rotatable bonds is 6. The third kappa shape index (κ3) is 5.23. The Kier molecular flexibility index (Phi) is 6.50. The average molecular weight is 421 g/mol. The van der Waals surface area contributed by atoms with Crippen molar-refractivity contribution >= 4 is 17.7 Å². The molecule has 2 aliphatic heterocycles. The molecule has 0 aliphatic carbocycles. The first-order valence-electron chi connectivity index (χ1n) is 10.7. The third-order valence-electron chi connectivity index (χ3n) is 5.83. The lowest BCUT2D eigenvalue weighted by Crippen LogP contribution is -2.53. The molecule has 3 amide bonds. The topological polar surface area (TPSA) is 70.2 Å². The summed E-state index contributed by atoms with van der Waals surface area (Å²) in [5.74, 6) is 0.308. The van der Waals surface area contributed by atoms with Crippen molar-refractivity contribution in [1.82, 2.24) is 14.7 Å². The van der Waals surface area contributed by atoms with Crippen LogP contribution >= 0.6 is 0 Å². The summed E-state index contributed by atoms with van der Waals surface area (Å²) in [6, 6.07) is 19.1. The van der Waals surface area contributed by atoms with E-state index in [-0.39, 0.29) is 36.7 Å². The van der Waals surface area contributed by atoms with Crippen LogP contribution in [0.1, 0.15) is 12.0 Å². The van der Waals surface area contributed by atoms with Crippen LogP contribution in [0, 0.1) is 5.92 Å². The lowest BCUT2D eigenvalue weighted by atomic mass is 10.1. The van der Waals surface area contributed by atoms with E-state index in [0.29, 0.717) is 45.0 Å². The summed E-state index contributed by atoms with van der Waals surface area (Å²) in [5, 5.41) is 0. The van der Waals surface area contributed by atoms with Crippen LogP contribution in [0.2, 0.25) is 0 Å². The van der Waals surface area contributed by atoms with Gasteiger partial charge in [-0.15, -0.1) is 0 Å². The molecule has 2 aromatic rings. The van der Waals surface area contributed by atoms with E-state index in [1.165, 1.54) is 0 Å². The van der Waals surface area contributed by atoms with Crippen LogP contribution in [0.3, 0.4) is 0 Å². The zero-order valence-corrected chi connectivity index (χ0v) is 17.5. The van der Waals surface area contributed by atoms with Crippen LogP contribution in [0.15, 0.2) is 60.7 Å². The minimum absolute atomic E-state index is 0.0104. The summed E-state index contributed by atoms with van der Waals surface area (Å²) < 4.78 is 5.53. The van der Waals surface area contributed by atoms with E-state index in [1.807, 2.05) is 60.7 Å². The Bertz CT molecular complexity index is 911. The van der Waals surface area contributed by atoms with Gasteiger partial charge < -0.3 is 19.4 Å². The Morgan fingerprint density at radius 3 is 2.16 bits per heavy atom. The summed E-state index contributed by atoms with van der Waals surface area (Å²) in [6.45, 7) is 2.92. The first-order valence-corrected chi connectivity index (χ1v) is 10.7. The molecule has 1 unspecified atom stereocenters. The molecule has 0 spiro atoms. The number of hydrogen-bond acceptors (Lipinski definition) is 4. The number of benzene rings is 2. The van der Waals surface area contributed by atoms with Crippen LogP contribution in [0.25, 0.3) is 0 Å². The summed E-state index contributed by atoms with van der Waals surface area (Å²) in [5.41, 5.74) is 1.06. The van der Waals surface area contributed by atoms with Gasteiger partial charge in [-0.05, 0) is 17.7 Å². The number of likely N-dealkylation sites (tertiary alicyclic amines) is 1. The third-order valence-corrected chi connectivity index (χ3v) is 5.83. The van der Waals surface area contributed by atoms with E-state index in [4.69, 9.17) is 4.74 Å². The van der Waals surface area contributed by atoms with Gasteiger partial charge in [-0.25, -0.2) is 0 Å². The summed E-state index contributed by atoms with van der Waals surface area (Å²) in [4.78, 5) is 43.0. The zero-order chi connectivity index (χ0) is 21.6. The van der Waals surface area contributed by atoms with Crippen molar-refractivity contribution in [3.8, 4) is 5.75 Å². The van der Waals surface area contributed by atoms with Crippen molar-refractivity contribution < 1.29 is 19.1 Å². The van der Waals surface area contributed by atoms with Gasteiger partial charge in [-0.2, -0.15) is 0 Å². The molecular weight excluding hydrogens is 394 g/mol. The van der Waals surface area contributed by atoms with Gasteiger partial charge in [0.15, 0.2) is 6.61 Å². The second kappa shape index (κ2) is 9.64. The summed E-state index contributed by atoms with van der Waals surface area (Å²) in [7, 11) is 0. The minimum Gasteiger partial charge on any atom is -0.484 e. The number of nitrogens with zero attached hydrogens (tertiary/aromatic N) is 3. The van der Waals surface area contributed by atoms with E-state index in [2.05, 4.69) is 0 Å². The number of carbonyl (C=O) groups is 3. The number of carbonyl (C=O) groups excluding carboxylic acids is 3. The van der Waals surface area contributed by atoms with Gasteiger partial charge in [0.05, 0.1) is 5.92 Å². The molecule has 2 heterocycles. The maximum atomic E-state index is 13.0. The van der Waals surface area contributed by atoms with Crippen LogP contribution in [-0.4, -0.2) is 71.8 Å². The molecule has 2 saturated heterocycles. The Hall–Kier alpha value is -3.35. The standard InChI is InChI=1S/C24H27N3O4/c28-22-15-20(17-27(22)16-19-7-3-1-4-8-19)24(30)26-13-11-25(12-14-26)23(29)18-31-21-9-5-2-6-10-21/h1-10,20H,11-18H2. The number of amides is 3. The van der Waals surface area contributed by atoms with Crippen molar-refractivity contribution in [2.24, 2.45) is 5.92 Å². The van der Waals surface area contributed by atoms with Gasteiger partial charge in [0.1, 0.15) is 5.75 Å². The molecule has 7 nitrogen and oxygen atoms in total. The van der Waals surface area contributed by atoms with Crippen LogP contribution < -0.4 is 4.74 Å². The van der Waals surface area contributed by atoms with Crippen LogP contribution in [0.5, 0.6) is 5.75 Å². The number of piperazine rings is 1. The fourth-order valence-corrected chi connectivity index (χ4v) is 4.08. The van der Waals surface area contributed by atoms with Crippen molar-refractivity contribution in [3.63, 3.8) is 0 Å². The molecule has 7 heteroatoms. The maximum absolute atomic E-state index is 13.0. The normalized spacial score (nSPS) is 18.9. The van der Waals surface area contributed by atoms with Crippen molar-refractivity contribution in [2.75, 3.05) is 39.3 Å². The molecule has 2 fully saturated rings. The van der Waals surface area contributed by atoms with E-state index in [9.17, 15) is 14.4 Å². The highest BCUT2D eigenvalue weighted by atomic mass is 16.5. The number of ether oxygens (including phenoxy) is 1. The molecule has 4 rings (SSSR count). The van der Waals surface area contributed by atoms with Gasteiger partial charge in [-0.3, -0.25) is 14.4 Å². The lowest BCUT2D eigenvalue weighted by molar-refractivity contribution is -0.142.